The summed E-state index contributed by atoms with van der Waals surface area (Å²) < 4.78 is 0. The van der Waals surface area contributed by atoms with E-state index in [9.17, 15) is 0 Å². The van der Waals surface area contributed by atoms with E-state index in [4.69, 9.17) is 4.99 Å². The van der Waals surface area contributed by atoms with Gasteiger partial charge in [-0.05, 0) is 60.7 Å². The summed E-state index contributed by atoms with van der Waals surface area (Å²) in [6, 6.07) is 4.41. The molecule has 4 nitrogen and oxygen atoms in total. The minimum Gasteiger partial charge on any atom is -0.378 e. The Bertz CT molecular complexity index is 958. The zero-order valence-electron chi connectivity index (χ0n) is 13.0. The van der Waals surface area contributed by atoms with Crippen LogP contribution in [0.1, 0.15) is 17.8 Å². The lowest BCUT2D eigenvalue weighted by Gasteiger charge is -2.10. The molecule has 0 radical (unpaired) electrons. The van der Waals surface area contributed by atoms with Gasteiger partial charge in [0.25, 0.3) is 0 Å². The summed E-state index contributed by atoms with van der Waals surface area (Å²) in [5.41, 5.74) is 7.18. The normalized spacial score (nSPS) is 30.0. The van der Waals surface area contributed by atoms with E-state index in [1.165, 1.54) is 0 Å². The molecule has 8 bridgehead atoms. The van der Waals surface area contributed by atoms with E-state index in [0.717, 1.165) is 46.3 Å². The lowest BCUT2D eigenvalue weighted by Crippen LogP contribution is -2.23. The van der Waals surface area contributed by atoms with Gasteiger partial charge >= 0.3 is 0 Å². The van der Waals surface area contributed by atoms with Crippen molar-refractivity contribution < 1.29 is 0 Å². The molecule has 0 saturated carbocycles. The molecule has 2 N–H and O–H groups in total. The Morgan fingerprint density at radius 2 is 1.62 bits per heavy atom. The number of hydrogen-bond acceptors (Lipinski definition) is 3. The molecule has 4 aliphatic rings. The third kappa shape index (κ3) is 2.52. The Labute approximate surface area is 140 Å². The first kappa shape index (κ1) is 13.3. The molecular weight excluding hydrogens is 296 g/mol. The van der Waals surface area contributed by atoms with Crippen LogP contribution in [0, 0.1) is 0 Å². The van der Waals surface area contributed by atoms with E-state index < -0.39 is 0 Å². The van der Waals surface area contributed by atoms with Crippen LogP contribution >= 0.6 is 0 Å². The van der Waals surface area contributed by atoms with Crippen molar-refractivity contribution in [3.8, 4) is 0 Å². The number of H-pyrrole nitrogens is 1. The van der Waals surface area contributed by atoms with Crippen molar-refractivity contribution in [1.29, 1.82) is 0 Å². The van der Waals surface area contributed by atoms with Gasteiger partial charge < -0.3 is 10.3 Å². The molecule has 5 heterocycles. The maximum atomic E-state index is 4.71. The zero-order valence-corrected chi connectivity index (χ0v) is 13.0. The summed E-state index contributed by atoms with van der Waals surface area (Å²) in [6.07, 6.45) is 19.6. The molecule has 0 aromatic carbocycles. The van der Waals surface area contributed by atoms with Crippen LogP contribution in [-0.4, -0.2) is 22.4 Å². The highest BCUT2D eigenvalue weighted by atomic mass is 14.9. The summed E-state index contributed by atoms with van der Waals surface area (Å²) in [6.45, 7) is 0. The number of fused-ring (bicyclic) bond motifs is 6. The Hall–Kier alpha value is -3.14. The number of nitrogens with zero attached hydrogens (tertiary/aromatic N) is 2. The van der Waals surface area contributed by atoms with E-state index in [2.05, 4.69) is 70.0 Å². The second kappa shape index (κ2) is 5.20. The molecule has 4 aliphatic heterocycles. The molecule has 116 valence electrons. The van der Waals surface area contributed by atoms with Gasteiger partial charge in [-0.25, -0.2) is 4.99 Å². The predicted octanol–water partition coefficient (Wildman–Crippen LogP) is 3.53. The van der Waals surface area contributed by atoms with E-state index in [0.29, 0.717) is 0 Å². The van der Waals surface area contributed by atoms with Crippen molar-refractivity contribution in [1.82, 2.24) is 10.3 Å². The lowest BCUT2D eigenvalue weighted by molar-refractivity contribution is 0.737. The monoisotopic (exact) mass is 312 g/mol. The number of nitrogens with one attached hydrogen (secondary N) is 2. The largest absolute Gasteiger partial charge is 0.378 e. The molecule has 1 unspecified atom stereocenters. The topological polar surface area (TPSA) is 52.5 Å². The van der Waals surface area contributed by atoms with Crippen molar-refractivity contribution in [3.63, 3.8) is 0 Å². The number of allylic oxidation sites excluding steroid dienone is 6. The first-order chi connectivity index (χ1) is 11.8. The van der Waals surface area contributed by atoms with Crippen LogP contribution in [0.25, 0.3) is 12.2 Å². The first-order valence-electron chi connectivity index (χ1n) is 8.11. The average Bonchev–Trinajstić information content (AvgIpc) is 3.32. The third-order valence-electron chi connectivity index (χ3n) is 4.33. The minimum absolute atomic E-state index is 0.282. The number of hydrogen-bond donors (Lipinski definition) is 2. The van der Waals surface area contributed by atoms with Gasteiger partial charge in [0.05, 0.1) is 23.1 Å². The zero-order chi connectivity index (χ0) is 15.9. The highest BCUT2D eigenvalue weighted by Crippen LogP contribution is 2.21. The molecule has 1 aromatic rings. The van der Waals surface area contributed by atoms with Crippen molar-refractivity contribution in [2.24, 2.45) is 9.98 Å². The maximum absolute atomic E-state index is 4.71. The number of aromatic amines is 1. The van der Waals surface area contributed by atoms with Gasteiger partial charge in [-0.1, -0.05) is 6.08 Å². The summed E-state index contributed by atoms with van der Waals surface area (Å²) in [5, 5.41) is 3.51. The van der Waals surface area contributed by atoms with E-state index in [1.807, 2.05) is 12.2 Å². The smallest absolute Gasteiger partial charge is 0.0658 e. The number of aliphatic imine (C=N–C) groups is 2. The Balaban J connectivity index is 1.59. The van der Waals surface area contributed by atoms with Gasteiger partial charge in [-0.15, -0.1) is 0 Å². The molecule has 4 heteroatoms. The standard InChI is InChI=1S/C20H16N4/c1-2-14-10-16-5-6-18(23-16)12-20-8-7-19(24-20)11-17-4-3-15(22-17)9-13(1)21-14/h1-11,18,22-23H,12H2/b13-9-,16-10-,19-11-. The Kier molecular flexibility index (Phi) is 2.88. The highest BCUT2D eigenvalue weighted by molar-refractivity contribution is 6.08. The van der Waals surface area contributed by atoms with Crippen molar-refractivity contribution >= 4 is 23.6 Å². The lowest BCUT2D eigenvalue weighted by atomic mass is 10.1. The Morgan fingerprint density at radius 1 is 0.833 bits per heavy atom. The summed E-state index contributed by atoms with van der Waals surface area (Å²) >= 11 is 0. The van der Waals surface area contributed by atoms with Gasteiger partial charge in [0.15, 0.2) is 0 Å². The van der Waals surface area contributed by atoms with Crippen LogP contribution in [-0.2, 0) is 0 Å². The Morgan fingerprint density at radius 3 is 2.50 bits per heavy atom. The third-order valence-corrected chi connectivity index (χ3v) is 4.33. The summed E-state index contributed by atoms with van der Waals surface area (Å²) in [4.78, 5) is 12.8. The van der Waals surface area contributed by atoms with Crippen molar-refractivity contribution in [2.75, 3.05) is 0 Å². The van der Waals surface area contributed by atoms with Crippen LogP contribution in [0.15, 0.2) is 81.7 Å². The van der Waals surface area contributed by atoms with Gasteiger partial charge in [0, 0.05) is 29.2 Å². The van der Waals surface area contributed by atoms with Crippen LogP contribution < -0.4 is 5.32 Å². The summed E-state index contributed by atoms with van der Waals surface area (Å²) in [7, 11) is 0. The van der Waals surface area contributed by atoms with Crippen molar-refractivity contribution in [2.45, 2.75) is 12.5 Å². The second-order valence-electron chi connectivity index (χ2n) is 6.23. The van der Waals surface area contributed by atoms with E-state index in [-0.39, 0.29) is 6.04 Å². The number of aromatic nitrogens is 1. The van der Waals surface area contributed by atoms with Crippen LogP contribution in [0.4, 0.5) is 0 Å². The fourth-order valence-electron chi connectivity index (χ4n) is 3.21. The quantitative estimate of drug-likeness (QED) is 0.756. The molecule has 1 aromatic heterocycles. The van der Waals surface area contributed by atoms with E-state index in [1.54, 1.807) is 0 Å². The fraction of sp³-hybridized carbons (Fsp3) is 0.100. The highest BCUT2D eigenvalue weighted by Gasteiger charge is 2.16. The van der Waals surface area contributed by atoms with Crippen LogP contribution in [0.2, 0.25) is 0 Å². The van der Waals surface area contributed by atoms with Gasteiger partial charge in [0.1, 0.15) is 0 Å². The molecule has 0 saturated heterocycles. The minimum atomic E-state index is 0.282. The molecule has 24 heavy (non-hydrogen) atoms. The van der Waals surface area contributed by atoms with Gasteiger partial charge in [-0.3, -0.25) is 4.99 Å². The SMILES string of the molecule is C1=C/C2=C/c3ccc([nH]3)/C=C3/C=CC(=N3)CC3C=C/C(=C/C1=N2)N3. The first-order valence-corrected chi connectivity index (χ1v) is 8.11. The molecule has 0 aliphatic carbocycles. The summed E-state index contributed by atoms with van der Waals surface area (Å²) in [5.74, 6) is 0. The van der Waals surface area contributed by atoms with Gasteiger partial charge in [-0.2, -0.15) is 0 Å². The van der Waals surface area contributed by atoms with Gasteiger partial charge in [0.2, 0.25) is 0 Å². The predicted molar refractivity (Wildman–Crippen MR) is 98.7 cm³/mol. The number of rotatable bonds is 0. The molecular formula is C20H16N4. The molecule has 1 atom stereocenters. The van der Waals surface area contributed by atoms with Crippen LogP contribution in [0.3, 0.4) is 0 Å². The molecule has 0 fully saturated rings. The molecule has 0 amide bonds. The van der Waals surface area contributed by atoms with E-state index >= 15 is 0 Å². The second-order valence-corrected chi connectivity index (χ2v) is 6.23. The van der Waals surface area contributed by atoms with Crippen LogP contribution in [0.5, 0.6) is 0 Å². The fourth-order valence-corrected chi connectivity index (χ4v) is 3.21. The molecule has 5 rings (SSSR count). The average molecular weight is 312 g/mol. The van der Waals surface area contributed by atoms with Crippen molar-refractivity contribution in [3.05, 3.63) is 83.1 Å². The maximum Gasteiger partial charge on any atom is 0.0658 e. The molecule has 0 spiro atoms.